The zero-order valence-electron chi connectivity index (χ0n) is 15.4. The normalized spacial score (nSPS) is 13.4. The SMILES string of the molecule is OC(COc1ccc2ccccc2c1)C(O)COc1ccc2ccccc2c1. The molecular weight excluding hydrogens is 352 g/mol. The maximum atomic E-state index is 10.2. The first-order valence-corrected chi connectivity index (χ1v) is 9.28. The van der Waals surface area contributed by atoms with Crippen LogP contribution in [-0.2, 0) is 0 Å². The van der Waals surface area contributed by atoms with E-state index in [-0.39, 0.29) is 13.2 Å². The predicted molar refractivity (Wildman–Crippen MR) is 111 cm³/mol. The smallest absolute Gasteiger partial charge is 0.120 e. The minimum atomic E-state index is -1.05. The maximum absolute atomic E-state index is 10.2. The Morgan fingerprint density at radius 3 is 1.36 bits per heavy atom. The highest BCUT2D eigenvalue weighted by molar-refractivity contribution is 5.84. The zero-order valence-corrected chi connectivity index (χ0v) is 15.4. The molecule has 0 bridgehead atoms. The number of ether oxygens (including phenoxy) is 2. The number of benzene rings is 4. The van der Waals surface area contributed by atoms with Crippen molar-refractivity contribution in [3.63, 3.8) is 0 Å². The first-order chi connectivity index (χ1) is 13.7. The van der Waals surface area contributed by atoms with Crippen LogP contribution in [0.4, 0.5) is 0 Å². The van der Waals surface area contributed by atoms with Gasteiger partial charge >= 0.3 is 0 Å². The van der Waals surface area contributed by atoms with E-state index in [4.69, 9.17) is 9.47 Å². The van der Waals surface area contributed by atoms with Crippen LogP contribution < -0.4 is 9.47 Å². The average Bonchev–Trinajstić information content (AvgIpc) is 2.75. The van der Waals surface area contributed by atoms with Crippen molar-refractivity contribution >= 4 is 21.5 Å². The molecule has 0 radical (unpaired) electrons. The van der Waals surface area contributed by atoms with Crippen molar-refractivity contribution in [2.75, 3.05) is 13.2 Å². The molecule has 0 spiro atoms. The lowest BCUT2D eigenvalue weighted by Crippen LogP contribution is -2.36. The Labute approximate surface area is 163 Å². The van der Waals surface area contributed by atoms with Crippen molar-refractivity contribution in [2.24, 2.45) is 0 Å². The Kier molecular flexibility index (Phi) is 5.42. The molecule has 0 aliphatic carbocycles. The van der Waals surface area contributed by atoms with Crippen LogP contribution in [0.3, 0.4) is 0 Å². The minimum absolute atomic E-state index is 0.0133. The first-order valence-electron chi connectivity index (χ1n) is 9.28. The number of hydrogen-bond donors (Lipinski definition) is 2. The molecule has 28 heavy (non-hydrogen) atoms. The van der Waals surface area contributed by atoms with Crippen LogP contribution in [0.2, 0.25) is 0 Å². The molecule has 4 rings (SSSR count). The van der Waals surface area contributed by atoms with Gasteiger partial charge in [-0.15, -0.1) is 0 Å². The fraction of sp³-hybridized carbons (Fsp3) is 0.167. The molecule has 0 fully saturated rings. The Bertz CT molecular complexity index is 989. The van der Waals surface area contributed by atoms with Gasteiger partial charge in [-0.25, -0.2) is 0 Å². The zero-order chi connectivity index (χ0) is 19.3. The summed E-state index contributed by atoms with van der Waals surface area (Å²) in [6.07, 6.45) is -2.10. The molecular formula is C24H22O4. The molecule has 0 saturated heterocycles. The Morgan fingerprint density at radius 2 is 0.929 bits per heavy atom. The van der Waals surface area contributed by atoms with Crippen molar-refractivity contribution < 1.29 is 19.7 Å². The fourth-order valence-corrected chi connectivity index (χ4v) is 3.10. The standard InChI is InChI=1S/C24H22O4/c25-23(15-27-21-11-9-17-5-1-3-7-19(17)13-21)24(26)16-28-22-12-10-18-6-2-4-8-20(18)14-22/h1-14,23-26H,15-16H2. The van der Waals surface area contributed by atoms with E-state index in [1.165, 1.54) is 0 Å². The van der Waals surface area contributed by atoms with Gasteiger partial charge in [-0.05, 0) is 45.8 Å². The van der Waals surface area contributed by atoms with Gasteiger partial charge in [0, 0.05) is 0 Å². The van der Waals surface area contributed by atoms with Gasteiger partial charge in [0.2, 0.25) is 0 Å². The van der Waals surface area contributed by atoms with Crippen molar-refractivity contribution in [1.82, 2.24) is 0 Å². The molecule has 0 heterocycles. The molecule has 2 N–H and O–H groups in total. The van der Waals surface area contributed by atoms with Crippen LogP contribution in [0.1, 0.15) is 0 Å². The molecule has 4 aromatic rings. The Hall–Kier alpha value is -3.08. The van der Waals surface area contributed by atoms with E-state index in [0.717, 1.165) is 21.5 Å². The molecule has 2 atom stereocenters. The summed E-state index contributed by atoms with van der Waals surface area (Å²) in [5, 5.41) is 24.8. The summed E-state index contributed by atoms with van der Waals surface area (Å²) in [7, 11) is 0. The lowest BCUT2D eigenvalue weighted by molar-refractivity contribution is -0.0288. The summed E-state index contributed by atoms with van der Waals surface area (Å²) in [5.41, 5.74) is 0. The van der Waals surface area contributed by atoms with E-state index < -0.39 is 12.2 Å². The molecule has 142 valence electrons. The largest absolute Gasteiger partial charge is 0.491 e. The molecule has 2 unspecified atom stereocenters. The second-order valence-corrected chi connectivity index (χ2v) is 6.77. The Balaban J connectivity index is 1.31. The molecule has 4 aromatic carbocycles. The monoisotopic (exact) mass is 374 g/mol. The highest BCUT2D eigenvalue weighted by Gasteiger charge is 2.18. The van der Waals surface area contributed by atoms with E-state index in [1.54, 1.807) is 0 Å². The number of fused-ring (bicyclic) bond motifs is 2. The number of aliphatic hydroxyl groups excluding tert-OH is 2. The quantitative estimate of drug-likeness (QED) is 0.510. The number of aliphatic hydroxyl groups is 2. The van der Waals surface area contributed by atoms with Crippen molar-refractivity contribution in [3.05, 3.63) is 84.9 Å². The van der Waals surface area contributed by atoms with Crippen molar-refractivity contribution in [2.45, 2.75) is 12.2 Å². The molecule has 0 aliphatic rings. The van der Waals surface area contributed by atoms with E-state index >= 15 is 0 Å². The summed E-state index contributed by atoms with van der Waals surface area (Å²) in [4.78, 5) is 0. The van der Waals surface area contributed by atoms with E-state index in [2.05, 4.69) is 0 Å². The number of rotatable bonds is 7. The van der Waals surface area contributed by atoms with Crippen molar-refractivity contribution in [1.29, 1.82) is 0 Å². The van der Waals surface area contributed by atoms with Crippen LogP contribution in [0.5, 0.6) is 11.5 Å². The van der Waals surface area contributed by atoms with E-state index in [1.807, 2.05) is 84.9 Å². The van der Waals surface area contributed by atoms with Gasteiger partial charge in [-0.2, -0.15) is 0 Å². The van der Waals surface area contributed by atoms with E-state index in [9.17, 15) is 10.2 Å². The summed E-state index contributed by atoms with van der Waals surface area (Å²) in [6, 6.07) is 27.5. The summed E-state index contributed by atoms with van der Waals surface area (Å²) in [6.45, 7) is -0.0266. The predicted octanol–water partition coefficient (Wildman–Crippen LogP) is 4.17. The van der Waals surface area contributed by atoms with Gasteiger partial charge in [0.25, 0.3) is 0 Å². The summed E-state index contributed by atoms with van der Waals surface area (Å²) < 4.78 is 11.3. The van der Waals surface area contributed by atoms with Gasteiger partial charge < -0.3 is 19.7 Å². The van der Waals surface area contributed by atoms with Crippen LogP contribution in [-0.4, -0.2) is 35.6 Å². The molecule has 4 heteroatoms. The third-order valence-electron chi connectivity index (χ3n) is 4.73. The van der Waals surface area contributed by atoms with Gasteiger partial charge in [0.05, 0.1) is 0 Å². The lowest BCUT2D eigenvalue weighted by atomic mass is 10.1. The number of hydrogen-bond acceptors (Lipinski definition) is 4. The van der Waals surface area contributed by atoms with Crippen LogP contribution in [0, 0.1) is 0 Å². The third-order valence-corrected chi connectivity index (χ3v) is 4.73. The highest BCUT2D eigenvalue weighted by atomic mass is 16.5. The second kappa shape index (κ2) is 8.30. The topological polar surface area (TPSA) is 58.9 Å². The molecule has 4 nitrogen and oxygen atoms in total. The van der Waals surface area contributed by atoms with E-state index in [0.29, 0.717) is 11.5 Å². The highest BCUT2D eigenvalue weighted by Crippen LogP contribution is 2.22. The van der Waals surface area contributed by atoms with Gasteiger partial charge in [0.1, 0.15) is 36.9 Å². The van der Waals surface area contributed by atoms with Crippen LogP contribution in [0.15, 0.2) is 84.9 Å². The van der Waals surface area contributed by atoms with Crippen LogP contribution in [0.25, 0.3) is 21.5 Å². The van der Waals surface area contributed by atoms with Gasteiger partial charge in [-0.3, -0.25) is 0 Å². The fourth-order valence-electron chi connectivity index (χ4n) is 3.10. The lowest BCUT2D eigenvalue weighted by Gasteiger charge is -2.19. The van der Waals surface area contributed by atoms with Gasteiger partial charge in [-0.1, -0.05) is 60.7 Å². The summed E-state index contributed by atoms with van der Waals surface area (Å²) >= 11 is 0. The minimum Gasteiger partial charge on any atom is -0.491 e. The maximum Gasteiger partial charge on any atom is 0.120 e. The Morgan fingerprint density at radius 1 is 0.536 bits per heavy atom. The molecule has 0 amide bonds. The van der Waals surface area contributed by atoms with Gasteiger partial charge in [0.15, 0.2) is 0 Å². The van der Waals surface area contributed by atoms with Crippen molar-refractivity contribution in [3.8, 4) is 11.5 Å². The summed E-state index contributed by atoms with van der Waals surface area (Å²) in [5.74, 6) is 1.31. The molecule has 0 aromatic heterocycles. The second-order valence-electron chi connectivity index (χ2n) is 6.77. The first kappa shape index (κ1) is 18.3. The van der Waals surface area contributed by atoms with Crippen LogP contribution >= 0.6 is 0 Å². The average molecular weight is 374 g/mol. The molecule has 0 saturated carbocycles. The molecule has 0 aliphatic heterocycles. The third kappa shape index (κ3) is 4.25.